The second-order valence-electron chi connectivity index (χ2n) is 6.14. The van der Waals surface area contributed by atoms with Gasteiger partial charge < -0.3 is 15.0 Å². The summed E-state index contributed by atoms with van der Waals surface area (Å²) in [5.41, 5.74) is 3.74. The topological polar surface area (TPSA) is 66.6 Å². The van der Waals surface area contributed by atoms with E-state index in [4.69, 9.17) is 0 Å². The molecule has 2 heterocycles. The molecule has 134 valence electrons. The number of nitrogens with one attached hydrogen (secondary N) is 1. The van der Waals surface area contributed by atoms with Crippen LogP contribution < -0.4 is 5.32 Å². The van der Waals surface area contributed by atoms with Crippen LogP contribution in [0.4, 0.5) is 5.69 Å². The minimum atomic E-state index is -0.163. The van der Waals surface area contributed by atoms with Crippen molar-refractivity contribution in [1.82, 2.24) is 9.88 Å². The number of benzene rings is 2. The number of phenols is 1. The number of amidine groups is 1. The molecule has 4 rings (SSSR count). The molecule has 1 fully saturated rings. The Morgan fingerprint density at radius 3 is 2.56 bits per heavy atom. The molecule has 1 aromatic heterocycles. The molecule has 0 unspecified atom stereocenters. The van der Waals surface area contributed by atoms with Gasteiger partial charge in [0.05, 0.1) is 10.6 Å². The van der Waals surface area contributed by atoms with Crippen LogP contribution in [-0.4, -0.2) is 20.7 Å². The van der Waals surface area contributed by atoms with Crippen molar-refractivity contribution >= 4 is 34.6 Å². The summed E-state index contributed by atoms with van der Waals surface area (Å²) in [6.45, 7) is 2.02. The molecule has 0 atom stereocenters. The number of nitrogens with zero attached hydrogens (tertiary/aromatic N) is 2. The van der Waals surface area contributed by atoms with Gasteiger partial charge in [0.15, 0.2) is 5.17 Å². The van der Waals surface area contributed by atoms with Gasteiger partial charge in [0.1, 0.15) is 5.75 Å². The lowest BCUT2D eigenvalue weighted by Crippen LogP contribution is -2.19. The molecule has 3 aromatic rings. The van der Waals surface area contributed by atoms with Gasteiger partial charge in [-0.2, -0.15) is 0 Å². The number of thioether (sulfide) groups is 1. The summed E-state index contributed by atoms with van der Waals surface area (Å²) < 4.78 is 1.95. The van der Waals surface area contributed by atoms with Crippen LogP contribution in [0, 0.1) is 6.92 Å². The Balaban J connectivity index is 1.60. The van der Waals surface area contributed by atoms with Gasteiger partial charge in [0.2, 0.25) is 0 Å². The fourth-order valence-corrected chi connectivity index (χ4v) is 3.54. The van der Waals surface area contributed by atoms with E-state index in [1.165, 1.54) is 11.8 Å². The molecule has 27 heavy (non-hydrogen) atoms. The minimum absolute atomic E-state index is 0.163. The number of aryl methyl sites for hydroxylation is 1. The molecule has 0 bridgehead atoms. The molecule has 0 radical (unpaired) electrons. The fourth-order valence-electron chi connectivity index (χ4n) is 2.71. The van der Waals surface area contributed by atoms with Gasteiger partial charge in [-0.25, -0.2) is 4.99 Å². The number of aliphatic imine (C=N–C) groups is 1. The number of phenolic OH excluding ortho intramolecular Hbond substituents is 1. The molecular weight excluding hydrogens is 358 g/mol. The summed E-state index contributed by atoms with van der Waals surface area (Å²) in [7, 11) is 0. The lowest BCUT2D eigenvalue weighted by molar-refractivity contribution is -0.115. The average molecular weight is 375 g/mol. The number of carbonyl (C=O) groups excluding carboxylic acids is 1. The van der Waals surface area contributed by atoms with E-state index in [1.54, 1.807) is 12.1 Å². The summed E-state index contributed by atoms with van der Waals surface area (Å²) >= 11 is 1.32. The summed E-state index contributed by atoms with van der Waals surface area (Å²) in [6, 6.07) is 18.6. The summed E-state index contributed by atoms with van der Waals surface area (Å²) in [5.74, 6) is 0.0535. The maximum atomic E-state index is 12.3. The van der Waals surface area contributed by atoms with Crippen LogP contribution in [0.5, 0.6) is 5.75 Å². The summed E-state index contributed by atoms with van der Waals surface area (Å²) in [5, 5.41) is 12.8. The van der Waals surface area contributed by atoms with E-state index < -0.39 is 0 Å². The lowest BCUT2D eigenvalue weighted by atomic mass is 10.2. The third-order valence-electron chi connectivity index (χ3n) is 4.10. The van der Waals surface area contributed by atoms with E-state index in [0.717, 1.165) is 22.6 Å². The van der Waals surface area contributed by atoms with Gasteiger partial charge in [-0.15, -0.1) is 0 Å². The maximum Gasteiger partial charge on any atom is 0.264 e. The largest absolute Gasteiger partial charge is 0.508 e. The smallest absolute Gasteiger partial charge is 0.264 e. The zero-order valence-electron chi connectivity index (χ0n) is 14.6. The highest BCUT2D eigenvalue weighted by molar-refractivity contribution is 8.18. The molecule has 1 amide bonds. The van der Waals surface area contributed by atoms with Gasteiger partial charge in [0.25, 0.3) is 5.91 Å². The Morgan fingerprint density at radius 1 is 1.07 bits per heavy atom. The first-order valence-electron chi connectivity index (χ1n) is 8.41. The first kappa shape index (κ1) is 17.2. The molecule has 2 aromatic carbocycles. The first-order valence-corrected chi connectivity index (χ1v) is 9.23. The van der Waals surface area contributed by atoms with Crippen molar-refractivity contribution in [2.45, 2.75) is 6.92 Å². The zero-order valence-corrected chi connectivity index (χ0v) is 15.4. The van der Waals surface area contributed by atoms with E-state index in [2.05, 4.69) is 10.3 Å². The number of rotatable bonds is 3. The number of amides is 1. The number of hydrogen-bond donors (Lipinski definition) is 2. The highest BCUT2D eigenvalue weighted by atomic mass is 32.2. The van der Waals surface area contributed by atoms with E-state index in [-0.39, 0.29) is 11.7 Å². The Kier molecular flexibility index (Phi) is 4.56. The quantitative estimate of drug-likeness (QED) is 0.668. The molecule has 0 spiro atoms. The molecule has 2 N–H and O–H groups in total. The number of aromatic nitrogens is 1. The number of carbonyl (C=O) groups is 1. The van der Waals surface area contributed by atoms with Gasteiger partial charge in [-0.1, -0.05) is 17.7 Å². The van der Waals surface area contributed by atoms with Gasteiger partial charge in [-0.05, 0) is 73.3 Å². The third kappa shape index (κ3) is 3.80. The Labute approximate surface area is 161 Å². The monoisotopic (exact) mass is 375 g/mol. The van der Waals surface area contributed by atoms with Gasteiger partial charge in [-0.3, -0.25) is 4.79 Å². The number of aromatic hydroxyl groups is 1. The molecule has 6 heteroatoms. The molecule has 1 saturated heterocycles. The molecule has 1 aliphatic rings. The van der Waals surface area contributed by atoms with Crippen LogP contribution in [0.1, 0.15) is 11.3 Å². The molecule has 5 nitrogen and oxygen atoms in total. The van der Waals surface area contributed by atoms with Crippen molar-refractivity contribution in [2.75, 3.05) is 0 Å². The third-order valence-corrected chi connectivity index (χ3v) is 5.01. The second-order valence-corrected chi connectivity index (χ2v) is 7.17. The van der Waals surface area contributed by atoms with Crippen LogP contribution in [-0.2, 0) is 4.79 Å². The van der Waals surface area contributed by atoms with Crippen molar-refractivity contribution in [1.29, 1.82) is 0 Å². The van der Waals surface area contributed by atoms with E-state index in [0.29, 0.717) is 10.1 Å². The first-order chi connectivity index (χ1) is 13.1. The van der Waals surface area contributed by atoms with Gasteiger partial charge in [0, 0.05) is 17.6 Å². The fraction of sp³-hybridized carbons (Fsp3) is 0.0476. The predicted octanol–water partition coefficient (Wildman–Crippen LogP) is 4.38. The summed E-state index contributed by atoms with van der Waals surface area (Å²) in [6.07, 6.45) is 3.75. The van der Waals surface area contributed by atoms with Crippen LogP contribution >= 0.6 is 11.8 Å². The lowest BCUT2D eigenvalue weighted by Gasteiger charge is -2.06. The molecular formula is C21H17N3O2S. The SMILES string of the molecule is Cc1ccc(N=C2NC(=O)/C(=C\c3cccn3-c3ccc(O)cc3)S2)cc1. The Morgan fingerprint density at radius 2 is 1.81 bits per heavy atom. The minimum Gasteiger partial charge on any atom is -0.508 e. The van der Waals surface area contributed by atoms with Crippen molar-refractivity contribution < 1.29 is 9.90 Å². The highest BCUT2D eigenvalue weighted by Gasteiger charge is 2.24. The predicted molar refractivity (Wildman–Crippen MR) is 109 cm³/mol. The van der Waals surface area contributed by atoms with Crippen LogP contribution in [0.15, 0.2) is 76.8 Å². The molecule has 0 aliphatic carbocycles. The van der Waals surface area contributed by atoms with E-state index >= 15 is 0 Å². The second kappa shape index (κ2) is 7.17. The Hall–Kier alpha value is -3.25. The van der Waals surface area contributed by atoms with Gasteiger partial charge >= 0.3 is 0 Å². The average Bonchev–Trinajstić information content (AvgIpc) is 3.25. The molecule has 0 saturated carbocycles. The normalized spacial score (nSPS) is 16.9. The van der Waals surface area contributed by atoms with Crippen molar-refractivity contribution in [3.8, 4) is 11.4 Å². The standard InChI is InChI=1S/C21H17N3O2S/c1-14-4-6-15(7-5-14)22-21-23-20(26)19(27-21)13-17-3-2-12-24(17)16-8-10-18(25)11-9-16/h2-13,25H,1H3,(H,22,23,26)/b19-13+. The van der Waals surface area contributed by atoms with Crippen molar-refractivity contribution in [2.24, 2.45) is 4.99 Å². The van der Waals surface area contributed by atoms with Crippen LogP contribution in [0.25, 0.3) is 11.8 Å². The highest BCUT2D eigenvalue weighted by Crippen LogP contribution is 2.29. The van der Waals surface area contributed by atoms with E-state index in [1.807, 2.05) is 72.3 Å². The van der Waals surface area contributed by atoms with Crippen molar-refractivity contribution in [3.63, 3.8) is 0 Å². The zero-order chi connectivity index (χ0) is 18.8. The van der Waals surface area contributed by atoms with Crippen LogP contribution in [0.3, 0.4) is 0 Å². The summed E-state index contributed by atoms with van der Waals surface area (Å²) in [4.78, 5) is 17.4. The van der Waals surface area contributed by atoms with E-state index in [9.17, 15) is 9.90 Å². The molecule has 1 aliphatic heterocycles. The van der Waals surface area contributed by atoms with Crippen LogP contribution in [0.2, 0.25) is 0 Å². The number of hydrogen-bond acceptors (Lipinski definition) is 4. The Bertz CT molecular complexity index is 1050. The van der Waals surface area contributed by atoms with Crippen molar-refractivity contribution in [3.05, 3.63) is 83.0 Å². The maximum absolute atomic E-state index is 12.3.